The van der Waals surface area contributed by atoms with Gasteiger partial charge in [-0.15, -0.1) is 12.4 Å². The second kappa shape index (κ2) is 7.49. The number of halogens is 1. The Balaban J connectivity index is 0.00000180. The molecule has 4 heteroatoms. The van der Waals surface area contributed by atoms with E-state index in [0.29, 0.717) is 30.3 Å². The highest BCUT2D eigenvalue weighted by molar-refractivity contribution is 5.85. The van der Waals surface area contributed by atoms with Crippen LogP contribution in [0.4, 0.5) is 0 Å². The number of nitrogens with zero attached hydrogens (tertiary/aromatic N) is 1. The summed E-state index contributed by atoms with van der Waals surface area (Å²) in [6, 6.07) is 0.418. The van der Waals surface area contributed by atoms with Crippen molar-refractivity contribution in [2.75, 3.05) is 13.1 Å². The summed E-state index contributed by atoms with van der Waals surface area (Å²) in [5.41, 5.74) is 5.81. The summed E-state index contributed by atoms with van der Waals surface area (Å²) in [6.45, 7) is 6.11. The van der Waals surface area contributed by atoms with Crippen molar-refractivity contribution in [2.24, 2.45) is 23.5 Å². The number of carbonyl (C=O) groups excluding carboxylic acids is 1. The molecule has 1 aliphatic heterocycles. The predicted molar refractivity (Wildman–Crippen MR) is 81.3 cm³/mol. The van der Waals surface area contributed by atoms with Gasteiger partial charge in [0, 0.05) is 18.5 Å². The molecular weight excluding hydrogens is 260 g/mol. The fourth-order valence-corrected chi connectivity index (χ4v) is 3.69. The fraction of sp³-hybridized carbons (Fsp3) is 0.933. The molecule has 1 saturated heterocycles. The molecule has 3 nitrogen and oxygen atoms in total. The smallest absolute Gasteiger partial charge is 0.226 e. The van der Waals surface area contributed by atoms with E-state index >= 15 is 0 Å². The molecule has 4 atom stereocenters. The average Bonchev–Trinajstić information content (AvgIpc) is 2.76. The third-order valence-electron chi connectivity index (χ3n) is 4.92. The van der Waals surface area contributed by atoms with Crippen LogP contribution in [0.3, 0.4) is 0 Å². The molecule has 2 N–H and O–H groups in total. The van der Waals surface area contributed by atoms with Crippen molar-refractivity contribution < 1.29 is 4.79 Å². The van der Waals surface area contributed by atoms with E-state index in [1.807, 2.05) is 0 Å². The molecule has 0 aromatic rings. The van der Waals surface area contributed by atoms with Gasteiger partial charge in [0.2, 0.25) is 5.91 Å². The van der Waals surface area contributed by atoms with E-state index in [0.717, 1.165) is 25.8 Å². The van der Waals surface area contributed by atoms with Gasteiger partial charge in [-0.05, 0) is 51.0 Å². The van der Waals surface area contributed by atoms with Crippen molar-refractivity contribution in [2.45, 2.75) is 58.4 Å². The Morgan fingerprint density at radius 2 is 1.84 bits per heavy atom. The Morgan fingerprint density at radius 1 is 1.16 bits per heavy atom. The zero-order chi connectivity index (χ0) is 13.1. The highest BCUT2D eigenvalue weighted by Gasteiger charge is 2.36. The average molecular weight is 289 g/mol. The first-order valence-electron chi connectivity index (χ1n) is 7.64. The van der Waals surface area contributed by atoms with Gasteiger partial charge in [0.15, 0.2) is 0 Å². The van der Waals surface area contributed by atoms with Crippen LogP contribution >= 0.6 is 12.4 Å². The maximum Gasteiger partial charge on any atom is 0.226 e. The van der Waals surface area contributed by atoms with E-state index in [-0.39, 0.29) is 18.3 Å². The van der Waals surface area contributed by atoms with E-state index in [9.17, 15) is 4.79 Å². The zero-order valence-corrected chi connectivity index (χ0v) is 13.1. The third-order valence-corrected chi connectivity index (χ3v) is 4.92. The van der Waals surface area contributed by atoms with Crippen molar-refractivity contribution in [3.8, 4) is 0 Å². The minimum atomic E-state index is 0. The Morgan fingerprint density at radius 3 is 2.53 bits per heavy atom. The van der Waals surface area contributed by atoms with E-state index in [1.54, 1.807) is 0 Å². The van der Waals surface area contributed by atoms with Gasteiger partial charge < -0.3 is 10.6 Å². The van der Waals surface area contributed by atoms with Gasteiger partial charge in [-0.2, -0.15) is 0 Å². The number of likely N-dealkylation sites (tertiary alicyclic amines) is 1. The highest BCUT2D eigenvalue weighted by atomic mass is 35.5. The van der Waals surface area contributed by atoms with Crippen molar-refractivity contribution in [3.63, 3.8) is 0 Å². The van der Waals surface area contributed by atoms with Crippen LogP contribution in [-0.4, -0.2) is 29.9 Å². The van der Waals surface area contributed by atoms with Crippen LogP contribution < -0.4 is 5.73 Å². The van der Waals surface area contributed by atoms with E-state index < -0.39 is 0 Å². The second-order valence-corrected chi connectivity index (χ2v) is 6.41. The van der Waals surface area contributed by atoms with Gasteiger partial charge in [-0.3, -0.25) is 4.79 Å². The lowest BCUT2D eigenvalue weighted by molar-refractivity contribution is -0.139. The van der Waals surface area contributed by atoms with Crippen LogP contribution in [0.1, 0.15) is 52.4 Å². The van der Waals surface area contributed by atoms with Crippen molar-refractivity contribution in [1.29, 1.82) is 0 Å². The van der Waals surface area contributed by atoms with E-state index in [1.165, 1.54) is 19.3 Å². The quantitative estimate of drug-likeness (QED) is 0.849. The standard InChI is InChI=1S/C15H28N2O.ClH/c1-11-5-3-6-12(2)17(10-11)15(18)14-8-4-7-13(14)9-16;/h11-14H,3-10,16H2,1-2H3;1H/t11?,12?,13-,14-;/m1./s1. The minimum Gasteiger partial charge on any atom is -0.339 e. The van der Waals surface area contributed by atoms with E-state index in [2.05, 4.69) is 18.7 Å². The van der Waals surface area contributed by atoms with Gasteiger partial charge in [0.1, 0.15) is 0 Å². The molecule has 112 valence electrons. The molecule has 19 heavy (non-hydrogen) atoms. The maximum atomic E-state index is 12.7. The largest absolute Gasteiger partial charge is 0.339 e. The molecule has 0 bridgehead atoms. The lowest BCUT2D eigenvalue weighted by Gasteiger charge is -2.32. The summed E-state index contributed by atoms with van der Waals surface area (Å²) < 4.78 is 0. The molecular formula is C15H29ClN2O. The topological polar surface area (TPSA) is 46.3 Å². The number of hydrogen-bond donors (Lipinski definition) is 1. The number of hydrogen-bond acceptors (Lipinski definition) is 2. The molecule has 1 heterocycles. The zero-order valence-electron chi connectivity index (χ0n) is 12.3. The summed E-state index contributed by atoms with van der Waals surface area (Å²) >= 11 is 0. The molecule has 1 aliphatic carbocycles. The van der Waals surface area contributed by atoms with Gasteiger partial charge in [-0.1, -0.05) is 19.8 Å². The Labute approximate surface area is 123 Å². The van der Waals surface area contributed by atoms with Gasteiger partial charge in [0.25, 0.3) is 0 Å². The van der Waals surface area contributed by atoms with Gasteiger partial charge in [-0.25, -0.2) is 0 Å². The van der Waals surface area contributed by atoms with Crippen LogP contribution in [0.5, 0.6) is 0 Å². The van der Waals surface area contributed by atoms with Crippen LogP contribution in [0.15, 0.2) is 0 Å². The number of rotatable bonds is 2. The highest BCUT2D eigenvalue weighted by Crippen LogP contribution is 2.34. The lowest BCUT2D eigenvalue weighted by Crippen LogP contribution is -2.44. The molecule has 1 amide bonds. The first-order chi connectivity index (χ1) is 8.63. The van der Waals surface area contributed by atoms with Crippen LogP contribution in [0.25, 0.3) is 0 Å². The summed E-state index contributed by atoms with van der Waals surface area (Å²) in [5.74, 6) is 1.69. The van der Waals surface area contributed by atoms with E-state index in [4.69, 9.17) is 5.73 Å². The van der Waals surface area contributed by atoms with Crippen molar-refractivity contribution in [3.05, 3.63) is 0 Å². The van der Waals surface area contributed by atoms with Crippen LogP contribution in [0.2, 0.25) is 0 Å². The predicted octanol–water partition coefficient (Wildman–Crippen LogP) is 2.82. The molecule has 1 saturated carbocycles. The summed E-state index contributed by atoms with van der Waals surface area (Å²) in [7, 11) is 0. The minimum absolute atomic E-state index is 0. The molecule has 0 aromatic heterocycles. The molecule has 0 spiro atoms. The molecule has 2 unspecified atom stereocenters. The lowest BCUT2D eigenvalue weighted by atomic mass is 9.94. The SMILES string of the molecule is CC1CCCC(C)N(C(=O)[C@@H]2CCC[C@@H]2CN)C1.Cl. The summed E-state index contributed by atoms with van der Waals surface area (Å²) in [6.07, 6.45) is 7.06. The van der Waals surface area contributed by atoms with Crippen molar-refractivity contribution >= 4 is 18.3 Å². The second-order valence-electron chi connectivity index (χ2n) is 6.41. The van der Waals surface area contributed by atoms with Gasteiger partial charge in [0.05, 0.1) is 0 Å². The molecule has 0 aromatic carbocycles. The third kappa shape index (κ3) is 3.85. The normalized spacial score (nSPS) is 35.6. The first kappa shape index (κ1) is 16.8. The Bertz CT molecular complexity index is 298. The molecule has 0 radical (unpaired) electrons. The first-order valence-corrected chi connectivity index (χ1v) is 7.64. The van der Waals surface area contributed by atoms with Crippen molar-refractivity contribution in [1.82, 2.24) is 4.90 Å². The fourth-order valence-electron chi connectivity index (χ4n) is 3.69. The monoisotopic (exact) mass is 288 g/mol. The Hall–Kier alpha value is -0.280. The number of nitrogens with two attached hydrogens (primary N) is 1. The van der Waals surface area contributed by atoms with Crippen LogP contribution in [0, 0.1) is 17.8 Å². The van der Waals surface area contributed by atoms with Gasteiger partial charge >= 0.3 is 0 Å². The Kier molecular flexibility index (Phi) is 6.61. The summed E-state index contributed by atoms with van der Waals surface area (Å²) in [4.78, 5) is 14.9. The van der Waals surface area contributed by atoms with Crippen LogP contribution in [-0.2, 0) is 4.79 Å². The molecule has 2 rings (SSSR count). The number of carbonyl (C=O) groups is 1. The molecule has 2 fully saturated rings. The summed E-state index contributed by atoms with van der Waals surface area (Å²) in [5, 5.41) is 0. The number of amides is 1. The maximum absolute atomic E-state index is 12.7. The molecule has 2 aliphatic rings.